The maximum atomic E-state index is 11.7. The summed E-state index contributed by atoms with van der Waals surface area (Å²) in [6.07, 6.45) is 0. The number of hydrogen-bond donors (Lipinski definition) is 2. The molecule has 6 heteroatoms. The smallest absolute Gasteiger partial charge is 0.271 e. The Balaban J connectivity index is 2.71. The van der Waals surface area contributed by atoms with Crippen molar-refractivity contribution in [2.24, 2.45) is 10.3 Å². The van der Waals surface area contributed by atoms with Crippen LogP contribution in [0.2, 0.25) is 0 Å². The number of methoxy groups -OCH3 is 1. The van der Waals surface area contributed by atoms with Gasteiger partial charge in [-0.15, -0.1) is 0 Å². The summed E-state index contributed by atoms with van der Waals surface area (Å²) < 4.78 is 4.99. The van der Waals surface area contributed by atoms with Crippen LogP contribution in [0.15, 0.2) is 34.5 Å². The number of nitrogens with zero attached hydrogens (tertiary/aromatic N) is 2. The van der Waals surface area contributed by atoms with Gasteiger partial charge in [-0.1, -0.05) is 5.16 Å². The summed E-state index contributed by atoms with van der Waals surface area (Å²) in [7, 11) is 1.56. The van der Waals surface area contributed by atoms with Crippen molar-refractivity contribution in [2.45, 2.75) is 13.8 Å². The first-order chi connectivity index (χ1) is 8.58. The number of nitrogens with one attached hydrogen (secondary N) is 1. The molecule has 1 aromatic rings. The molecule has 0 bridgehead atoms. The second kappa shape index (κ2) is 6.39. The number of ether oxygens (including phenoxy) is 1. The summed E-state index contributed by atoms with van der Waals surface area (Å²) in [5.41, 5.74) is 3.60. The molecule has 1 aromatic carbocycles. The molecule has 0 saturated heterocycles. The molecule has 0 aliphatic carbocycles. The highest BCUT2D eigenvalue weighted by molar-refractivity contribution is 6.40. The van der Waals surface area contributed by atoms with Crippen LogP contribution in [0.1, 0.15) is 24.2 Å². The molecule has 0 atom stereocenters. The van der Waals surface area contributed by atoms with E-state index >= 15 is 0 Å². The fourth-order valence-electron chi connectivity index (χ4n) is 1.09. The molecular weight excluding hydrogens is 234 g/mol. The summed E-state index contributed by atoms with van der Waals surface area (Å²) in [6, 6.07) is 6.63. The van der Waals surface area contributed by atoms with E-state index in [1.165, 1.54) is 0 Å². The molecule has 0 radical (unpaired) electrons. The molecule has 1 rings (SSSR count). The van der Waals surface area contributed by atoms with Crippen molar-refractivity contribution in [3.8, 4) is 5.75 Å². The van der Waals surface area contributed by atoms with Crippen molar-refractivity contribution in [2.75, 3.05) is 7.11 Å². The van der Waals surface area contributed by atoms with Crippen LogP contribution < -0.4 is 10.2 Å². The van der Waals surface area contributed by atoms with Gasteiger partial charge in [0.25, 0.3) is 5.91 Å². The van der Waals surface area contributed by atoms with E-state index < -0.39 is 0 Å². The maximum absolute atomic E-state index is 11.7. The quantitative estimate of drug-likeness (QED) is 0.483. The van der Waals surface area contributed by atoms with E-state index in [0.29, 0.717) is 22.7 Å². The molecule has 18 heavy (non-hydrogen) atoms. The van der Waals surface area contributed by atoms with Gasteiger partial charge in [0.05, 0.1) is 18.5 Å². The van der Waals surface area contributed by atoms with Gasteiger partial charge in [0.1, 0.15) is 5.75 Å². The Morgan fingerprint density at radius 1 is 1.22 bits per heavy atom. The molecule has 0 fully saturated rings. The van der Waals surface area contributed by atoms with Crippen molar-refractivity contribution in [3.05, 3.63) is 29.8 Å². The molecular formula is C12H15N3O3. The minimum atomic E-state index is -0.345. The molecule has 1 amide bonds. The topological polar surface area (TPSA) is 83.3 Å². The van der Waals surface area contributed by atoms with E-state index in [4.69, 9.17) is 9.94 Å². The normalized spacial score (nSPS) is 12.2. The van der Waals surface area contributed by atoms with Crippen LogP contribution in [-0.2, 0) is 0 Å². The first kappa shape index (κ1) is 13.7. The third-order valence-corrected chi connectivity index (χ3v) is 2.35. The molecule has 96 valence electrons. The Hall–Kier alpha value is -2.37. The van der Waals surface area contributed by atoms with E-state index in [9.17, 15) is 4.79 Å². The number of benzene rings is 1. The van der Waals surface area contributed by atoms with Crippen molar-refractivity contribution in [1.29, 1.82) is 0 Å². The summed E-state index contributed by atoms with van der Waals surface area (Å²) in [5, 5.41) is 15.3. The van der Waals surface area contributed by atoms with Gasteiger partial charge in [0.2, 0.25) is 0 Å². The number of hydrogen-bond acceptors (Lipinski definition) is 5. The van der Waals surface area contributed by atoms with Gasteiger partial charge in [0.15, 0.2) is 0 Å². The Labute approximate surface area is 105 Å². The van der Waals surface area contributed by atoms with Crippen LogP contribution in [0.4, 0.5) is 0 Å². The van der Waals surface area contributed by atoms with Crippen molar-refractivity contribution in [3.63, 3.8) is 0 Å². The Morgan fingerprint density at radius 3 is 2.33 bits per heavy atom. The van der Waals surface area contributed by atoms with E-state index in [-0.39, 0.29) is 5.91 Å². The van der Waals surface area contributed by atoms with E-state index in [2.05, 4.69) is 15.7 Å². The average Bonchev–Trinajstić information content (AvgIpc) is 2.43. The van der Waals surface area contributed by atoms with Gasteiger partial charge < -0.3 is 9.94 Å². The highest BCUT2D eigenvalue weighted by atomic mass is 16.5. The van der Waals surface area contributed by atoms with Crippen molar-refractivity contribution < 1.29 is 14.7 Å². The lowest BCUT2D eigenvalue weighted by Gasteiger charge is -2.03. The molecule has 2 N–H and O–H groups in total. The SMILES string of the molecule is COc1ccc(C(=O)N/N=C(C)\C(C)=N\O)cc1. The maximum Gasteiger partial charge on any atom is 0.271 e. The largest absolute Gasteiger partial charge is 0.497 e. The number of hydrazone groups is 1. The fourth-order valence-corrected chi connectivity index (χ4v) is 1.09. The lowest BCUT2D eigenvalue weighted by molar-refractivity contribution is 0.0955. The van der Waals surface area contributed by atoms with Crippen LogP contribution in [0, 0.1) is 0 Å². The minimum Gasteiger partial charge on any atom is -0.497 e. The van der Waals surface area contributed by atoms with Gasteiger partial charge in [-0.25, -0.2) is 5.43 Å². The van der Waals surface area contributed by atoms with Gasteiger partial charge in [-0.2, -0.15) is 5.10 Å². The molecule has 0 spiro atoms. The molecule has 0 heterocycles. The van der Waals surface area contributed by atoms with Crippen molar-refractivity contribution >= 4 is 17.3 Å². The van der Waals surface area contributed by atoms with Crippen LogP contribution >= 0.6 is 0 Å². The van der Waals surface area contributed by atoms with Crippen molar-refractivity contribution in [1.82, 2.24) is 5.43 Å². The van der Waals surface area contributed by atoms with Gasteiger partial charge in [-0.3, -0.25) is 4.79 Å². The molecule has 6 nitrogen and oxygen atoms in total. The number of amides is 1. The first-order valence-corrected chi connectivity index (χ1v) is 5.26. The van der Waals surface area contributed by atoms with Gasteiger partial charge in [0, 0.05) is 5.56 Å². The molecule has 0 aliphatic rings. The second-order valence-electron chi connectivity index (χ2n) is 3.55. The third-order valence-electron chi connectivity index (χ3n) is 2.35. The lowest BCUT2D eigenvalue weighted by Crippen LogP contribution is -2.21. The Morgan fingerprint density at radius 2 is 1.83 bits per heavy atom. The summed E-state index contributed by atoms with van der Waals surface area (Å²) >= 11 is 0. The van der Waals surface area contributed by atoms with Gasteiger partial charge in [-0.05, 0) is 38.1 Å². The number of carbonyl (C=O) groups excluding carboxylic acids is 1. The molecule has 0 aliphatic heterocycles. The number of oxime groups is 1. The summed E-state index contributed by atoms with van der Waals surface area (Å²) in [5.74, 6) is 0.331. The Kier molecular flexibility index (Phi) is 4.86. The molecule has 0 unspecified atom stereocenters. The summed E-state index contributed by atoms with van der Waals surface area (Å²) in [4.78, 5) is 11.7. The first-order valence-electron chi connectivity index (χ1n) is 5.26. The van der Waals surface area contributed by atoms with E-state index in [0.717, 1.165) is 0 Å². The summed E-state index contributed by atoms with van der Waals surface area (Å²) in [6.45, 7) is 3.21. The minimum absolute atomic E-state index is 0.338. The zero-order valence-corrected chi connectivity index (χ0v) is 10.5. The second-order valence-corrected chi connectivity index (χ2v) is 3.55. The van der Waals surface area contributed by atoms with E-state index in [1.54, 1.807) is 45.2 Å². The van der Waals surface area contributed by atoms with Crippen LogP contribution in [0.25, 0.3) is 0 Å². The lowest BCUT2D eigenvalue weighted by atomic mass is 10.2. The van der Waals surface area contributed by atoms with Crippen LogP contribution in [-0.4, -0.2) is 29.6 Å². The number of rotatable bonds is 4. The standard InChI is InChI=1S/C12H15N3O3/c1-8(9(2)15-17)13-14-12(16)10-4-6-11(18-3)7-5-10/h4-7,17H,1-3H3,(H,14,16)/b13-8-,15-9+. The predicted molar refractivity (Wildman–Crippen MR) is 68.5 cm³/mol. The monoisotopic (exact) mass is 249 g/mol. The Bertz CT molecular complexity index is 478. The highest BCUT2D eigenvalue weighted by Crippen LogP contribution is 2.10. The molecule has 0 saturated carbocycles. The zero-order valence-electron chi connectivity index (χ0n) is 10.5. The molecule has 0 aromatic heterocycles. The number of carbonyl (C=O) groups is 1. The highest BCUT2D eigenvalue weighted by Gasteiger charge is 2.05. The van der Waals surface area contributed by atoms with Crippen LogP contribution in [0.5, 0.6) is 5.75 Å². The average molecular weight is 249 g/mol. The van der Waals surface area contributed by atoms with Crippen LogP contribution in [0.3, 0.4) is 0 Å². The fraction of sp³-hybridized carbons (Fsp3) is 0.250. The zero-order chi connectivity index (χ0) is 13.5. The predicted octanol–water partition coefficient (Wildman–Crippen LogP) is 1.65. The third kappa shape index (κ3) is 3.58. The van der Waals surface area contributed by atoms with Gasteiger partial charge >= 0.3 is 0 Å². The van der Waals surface area contributed by atoms with E-state index in [1.807, 2.05) is 0 Å².